The Bertz CT molecular complexity index is 1070. The molecule has 37 heavy (non-hydrogen) atoms. The van der Waals surface area contributed by atoms with Crippen LogP contribution in [0.25, 0.3) is 0 Å². The highest BCUT2D eigenvalue weighted by Gasteiger charge is 2.33. The van der Waals surface area contributed by atoms with E-state index in [1.165, 1.54) is 6.92 Å². The lowest BCUT2D eigenvalue weighted by Gasteiger charge is -2.24. The fourth-order valence-corrected chi connectivity index (χ4v) is 3.89. The first-order valence-corrected chi connectivity index (χ1v) is 13.1. The van der Waals surface area contributed by atoms with Gasteiger partial charge in [0, 0.05) is 37.2 Å². The molecular weight excluding hydrogens is 464 g/mol. The van der Waals surface area contributed by atoms with E-state index in [-0.39, 0.29) is 17.7 Å². The van der Waals surface area contributed by atoms with Crippen molar-refractivity contribution in [1.29, 1.82) is 0 Å². The number of methoxy groups -OCH3 is 1. The third-order valence-corrected chi connectivity index (χ3v) is 5.79. The lowest BCUT2D eigenvalue weighted by Crippen LogP contribution is -2.31. The highest BCUT2D eigenvalue weighted by atomic mass is 16.5. The molecule has 0 aliphatic heterocycles. The van der Waals surface area contributed by atoms with Gasteiger partial charge >= 0.3 is 0 Å². The van der Waals surface area contributed by atoms with Crippen LogP contribution in [0, 0.1) is 5.92 Å². The molecule has 0 atom stereocenters. The summed E-state index contributed by atoms with van der Waals surface area (Å²) in [5.41, 5.74) is 4.84. The zero-order valence-electron chi connectivity index (χ0n) is 23.2. The van der Waals surface area contributed by atoms with Crippen molar-refractivity contribution in [2.45, 2.75) is 67.2 Å². The molecule has 3 rings (SSSR count). The normalized spacial score (nSPS) is 13.4. The fourth-order valence-electron chi connectivity index (χ4n) is 3.89. The summed E-state index contributed by atoms with van der Waals surface area (Å²) in [6.45, 7) is 11.3. The maximum atomic E-state index is 13.0. The number of amides is 2. The molecule has 1 aliphatic carbocycles. The summed E-state index contributed by atoms with van der Waals surface area (Å²) in [4.78, 5) is 26.2. The van der Waals surface area contributed by atoms with Gasteiger partial charge in [0.25, 0.3) is 0 Å². The maximum absolute atomic E-state index is 13.0. The number of nitrogens with one attached hydrogen (secondary N) is 1. The number of benzene rings is 2. The first-order valence-electron chi connectivity index (χ1n) is 13.1. The molecule has 2 aromatic carbocycles. The summed E-state index contributed by atoms with van der Waals surface area (Å²) < 4.78 is 11.5. The van der Waals surface area contributed by atoms with E-state index in [0.717, 1.165) is 46.6 Å². The Morgan fingerprint density at radius 2 is 1.70 bits per heavy atom. The number of rotatable bonds is 12. The molecule has 0 saturated heterocycles. The Morgan fingerprint density at radius 1 is 1.03 bits per heavy atom. The van der Waals surface area contributed by atoms with E-state index >= 15 is 0 Å². The Morgan fingerprint density at radius 3 is 2.30 bits per heavy atom. The zero-order valence-corrected chi connectivity index (χ0v) is 23.2. The lowest BCUT2D eigenvalue weighted by molar-refractivity contribution is -0.133. The predicted molar refractivity (Wildman–Crippen MR) is 149 cm³/mol. The number of hydrogen-bond acceptors (Lipinski definition) is 4. The second kappa shape index (κ2) is 15.7. The summed E-state index contributed by atoms with van der Waals surface area (Å²) in [5.74, 6) is 1.04. The van der Waals surface area contributed by atoms with Gasteiger partial charge in [0.05, 0.1) is 20.3 Å². The summed E-state index contributed by atoms with van der Waals surface area (Å²) in [5, 5.41) is 2.79. The van der Waals surface area contributed by atoms with Crippen molar-refractivity contribution in [1.82, 2.24) is 10.2 Å². The van der Waals surface area contributed by atoms with Crippen LogP contribution in [-0.2, 0) is 34.0 Å². The van der Waals surface area contributed by atoms with Crippen LogP contribution in [-0.4, -0.2) is 30.4 Å². The highest BCUT2D eigenvalue weighted by molar-refractivity contribution is 5.81. The number of ether oxygens (including phenoxy) is 2. The van der Waals surface area contributed by atoms with E-state index in [1.54, 1.807) is 7.11 Å². The van der Waals surface area contributed by atoms with Crippen LogP contribution < -0.4 is 10.1 Å². The smallest absolute Gasteiger partial charge is 0.226 e. The van der Waals surface area contributed by atoms with Crippen molar-refractivity contribution in [2.24, 2.45) is 5.92 Å². The van der Waals surface area contributed by atoms with Crippen molar-refractivity contribution in [2.75, 3.05) is 13.7 Å². The first-order chi connectivity index (χ1) is 17.9. The predicted octanol–water partition coefficient (Wildman–Crippen LogP) is 6.16. The summed E-state index contributed by atoms with van der Waals surface area (Å²) >= 11 is 0. The maximum Gasteiger partial charge on any atom is 0.226 e. The van der Waals surface area contributed by atoms with Crippen molar-refractivity contribution >= 4 is 11.8 Å². The van der Waals surface area contributed by atoms with Gasteiger partial charge in [-0.05, 0) is 61.6 Å². The molecule has 2 amide bonds. The van der Waals surface area contributed by atoms with Gasteiger partial charge in [0.2, 0.25) is 11.8 Å². The molecule has 200 valence electrons. The van der Waals surface area contributed by atoms with Crippen molar-refractivity contribution < 1.29 is 19.1 Å². The molecule has 0 radical (unpaired) electrons. The molecule has 0 heterocycles. The van der Waals surface area contributed by atoms with E-state index in [1.807, 2.05) is 75.1 Å². The van der Waals surface area contributed by atoms with E-state index in [2.05, 4.69) is 23.5 Å². The minimum Gasteiger partial charge on any atom is -0.496 e. The molecule has 0 spiro atoms. The Labute approximate surface area is 222 Å². The van der Waals surface area contributed by atoms with Crippen LogP contribution in [0.1, 0.15) is 64.2 Å². The summed E-state index contributed by atoms with van der Waals surface area (Å²) in [6.07, 6.45) is 5.71. The van der Waals surface area contributed by atoms with Crippen molar-refractivity contribution in [3.63, 3.8) is 0 Å². The molecule has 6 heteroatoms. The van der Waals surface area contributed by atoms with Gasteiger partial charge in [0.15, 0.2) is 0 Å². The second-order valence-electron chi connectivity index (χ2n) is 9.01. The molecule has 2 aromatic rings. The summed E-state index contributed by atoms with van der Waals surface area (Å²) in [7, 11) is 1.65. The molecule has 0 aromatic heterocycles. The minimum absolute atomic E-state index is 0.105. The highest BCUT2D eigenvalue weighted by Crippen LogP contribution is 2.32. The SMILES string of the molecule is C/C=C(\C=C(\C)COCc1cc(CN(Cc2ccccc2)C(=O)C2CC2)ccc1OC)NC(C)=O.CC. The van der Waals surface area contributed by atoms with Gasteiger partial charge in [-0.15, -0.1) is 0 Å². The van der Waals surface area contributed by atoms with Gasteiger partial charge < -0.3 is 19.7 Å². The first kappa shape index (κ1) is 29.8. The molecule has 1 fully saturated rings. The molecule has 6 nitrogen and oxygen atoms in total. The largest absolute Gasteiger partial charge is 0.496 e. The standard InChI is InChI=1S/C29H36N2O4.C2H6/c1-5-27(30-22(3)32)15-21(2)19-35-20-26-16-24(11-14-28(26)34-4)18-31(29(33)25-12-13-25)17-23-9-7-6-8-10-23;1-2/h5-11,14-16,25H,12-13,17-20H2,1-4H3,(H,30,32);1-2H3/b21-15-,27-5+;. The van der Waals surface area contributed by atoms with Crippen molar-refractivity contribution in [3.8, 4) is 5.75 Å². The Kier molecular flexibility index (Phi) is 12.6. The van der Waals surface area contributed by atoms with Gasteiger partial charge in [-0.2, -0.15) is 0 Å². The number of allylic oxidation sites excluding steroid dienone is 2. The molecule has 1 saturated carbocycles. The van der Waals surface area contributed by atoms with Crippen LogP contribution in [0.4, 0.5) is 0 Å². The quantitative estimate of drug-likeness (QED) is 0.350. The minimum atomic E-state index is -0.105. The third-order valence-electron chi connectivity index (χ3n) is 5.79. The molecular formula is C31H42N2O4. The lowest BCUT2D eigenvalue weighted by atomic mass is 10.1. The van der Waals surface area contributed by atoms with Gasteiger partial charge in [-0.25, -0.2) is 0 Å². The van der Waals surface area contributed by atoms with Crippen LogP contribution >= 0.6 is 0 Å². The Hall–Kier alpha value is -3.38. The van der Waals surface area contributed by atoms with Gasteiger partial charge in [0.1, 0.15) is 5.75 Å². The monoisotopic (exact) mass is 506 g/mol. The number of carbonyl (C=O) groups is 2. The Balaban J connectivity index is 0.00000235. The topological polar surface area (TPSA) is 67.9 Å². The zero-order chi connectivity index (χ0) is 27.2. The van der Waals surface area contributed by atoms with Crippen LogP contribution in [0.15, 0.2) is 72.0 Å². The number of carbonyl (C=O) groups excluding carboxylic acids is 2. The average molecular weight is 507 g/mol. The van der Waals surface area contributed by atoms with Crippen LogP contribution in [0.5, 0.6) is 5.75 Å². The average Bonchev–Trinajstić information content (AvgIpc) is 3.75. The van der Waals surface area contributed by atoms with E-state index in [9.17, 15) is 9.59 Å². The summed E-state index contributed by atoms with van der Waals surface area (Å²) in [6, 6.07) is 16.1. The van der Waals surface area contributed by atoms with Crippen LogP contribution in [0.3, 0.4) is 0 Å². The van der Waals surface area contributed by atoms with Gasteiger partial charge in [-0.3, -0.25) is 9.59 Å². The number of nitrogens with zero attached hydrogens (tertiary/aromatic N) is 1. The second-order valence-corrected chi connectivity index (χ2v) is 9.01. The van der Waals surface area contributed by atoms with Gasteiger partial charge in [-0.1, -0.05) is 56.3 Å². The molecule has 1 N–H and O–H groups in total. The number of hydrogen-bond donors (Lipinski definition) is 1. The van der Waals surface area contributed by atoms with E-state index in [4.69, 9.17) is 9.47 Å². The third kappa shape index (κ3) is 10.3. The molecule has 0 bridgehead atoms. The van der Waals surface area contributed by atoms with Crippen LogP contribution in [0.2, 0.25) is 0 Å². The van der Waals surface area contributed by atoms with E-state index in [0.29, 0.717) is 26.3 Å². The fraction of sp³-hybridized carbons (Fsp3) is 0.419. The van der Waals surface area contributed by atoms with Crippen molar-refractivity contribution in [3.05, 3.63) is 88.6 Å². The van der Waals surface area contributed by atoms with E-state index < -0.39 is 0 Å². The molecule has 0 unspecified atom stereocenters. The molecule has 1 aliphatic rings.